The molecule has 4 atom stereocenters. The van der Waals surface area contributed by atoms with Gasteiger partial charge >= 0.3 is 24.3 Å². The Morgan fingerprint density at radius 3 is 1.33 bits per heavy atom. The summed E-state index contributed by atoms with van der Waals surface area (Å²) in [5.41, 5.74) is 26.7. The summed E-state index contributed by atoms with van der Waals surface area (Å²) in [6, 6.07) is 16.0. The highest BCUT2D eigenvalue weighted by molar-refractivity contribution is 6.74. The number of nitrogen functional groups attached to an aromatic ring is 5. The van der Waals surface area contributed by atoms with Crippen molar-refractivity contribution in [3.8, 4) is 0 Å². The number of ether oxygens (including phenoxy) is 4. The van der Waals surface area contributed by atoms with E-state index in [1.807, 2.05) is 56.0 Å². The molecule has 6 saturated heterocycles. The minimum Gasteiger partial charge on any atom is -0.469 e. The van der Waals surface area contributed by atoms with Gasteiger partial charge in [0.25, 0.3) is 0 Å². The summed E-state index contributed by atoms with van der Waals surface area (Å²) < 4.78 is 67.8. The van der Waals surface area contributed by atoms with Crippen molar-refractivity contribution >= 4 is 84.7 Å². The number of hydrogen-bond donors (Lipinski definition) is 5. The van der Waals surface area contributed by atoms with E-state index in [9.17, 15) is 27.6 Å². The number of piperazine rings is 2. The smallest absolute Gasteiger partial charge is 0.410 e. The third kappa shape index (κ3) is 21.2. The third-order valence-electron chi connectivity index (χ3n) is 19.0. The Kier molecular flexibility index (Phi) is 24.9. The number of anilines is 10. The molecule has 6 aliphatic heterocycles. The van der Waals surface area contributed by atoms with Gasteiger partial charge in [-0.3, -0.25) is 4.79 Å². The monoisotopic (exact) mass is 1420 g/mol. The first-order chi connectivity index (χ1) is 46.9. The first-order valence-electron chi connectivity index (χ1n) is 34.0. The SMILES string of the molecule is CC(C)(C)OC(=O)N1CCN(c2ccc(N)nn2)C(C(F)(F)F)C1.CC(C)(C)OC(=O)N1C[C@H]2C[C@@H]1CN2c1ccc(N)nn1.CC(C)(C)[Si](C)(C)OC1CCN(c2ccc(N)nn2)CC12CC2.COC(=O)C1CCN(c2ccc(N)nn2)CC1.COC1CCN(c2ccc(N)nn2)CC1. The molecule has 10 N–H and O–H groups in total. The van der Waals surface area contributed by atoms with Gasteiger partial charge in [0, 0.05) is 78.0 Å². The van der Waals surface area contributed by atoms with Crippen LogP contribution in [0.5, 0.6) is 0 Å². The van der Waals surface area contributed by atoms with Gasteiger partial charge in [0.05, 0.1) is 43.9 Å². The molecule has 2 amide bonds. The number of esters is 1. The molecule has 2 bridgehead atoms. The highest BCUT2D eigenvalue weighted by atomic mass is 28.4. The van der Waals surface area contributed by atoms with Crippen LogP contribution < -0.4 is 53.2 Å². The lowest BCUT2D eigenvalue weighted by atomic mass is 9.91. The lowest BCUT2D eigenvalue weighted by molar-refractivity contribution is -0.155. The molecule has 1 aliphatic carbocycles. The van der Waals surface area contributed by atoms with Gasteiger partial charge in [-0.05, 0) is 172 Å². The van der Waals surface area contributed by atoms with Gasteiger partial charge in [0.15, 0.2) is 37.4 Å². The Bertz CT molecular complexity index is 3430. The van der Waals surface area contributed by atoms with Crippen molar-refractivity contribution in [1.82, 2.24) is 60.8 Å². The van der Waals surface area contributed by atoms with Crippen molar-refractivity contribution in [2.75, 3.05) is 139 Å². The molecule has 34 heteroatoms. The molecule has 1 saturated carbocycles. The molecule has 7 aliphatic rings. The number of amides is 2. The van der Waals surface area contributed by atoms with Gasteiger partial charge in [-0.25, -0.2) is 9.59 Å². The number of aromatic nitrogens is 10. The lowest BCUT2D eigenvalue weighted by Crippen LogP contribution is -2.61. The minimum absolute atomic E-state index is 0.0120. The maximum absolute atomic E-state index is 13.4. The van der Waals surface area contributed by atoms with Crippen molar-refractivity contribution in [3.63, 3.8) is 0 Å². The molecule has 0 radical (unpaired) electrons. The van der Waals surface area contributed by atoms with Crippen LogP contribution in [0.4, 0.5) is 80.9 Å². The van der Waals surface area contributed by atoms with E-state index in [4.69, 9.17) is 52.0 Å². The van der Waals surface area contributed by atoms with Gasteiger partial charge in [-0.2, -0.15) is 13.2 Å². The maximum Gasteiger partial charge on any atom is 0.410 e. The molecule has 0 aromatic carbocycles. The van der Waals surface area contributed by atoms with E-state index in [1.54, 1.807) is 46.1 Å². The Morgan fingerprint density at radius 2 is 0.940 bits per heavy atom. The van der Waals surface area contributed by atoms with Crippen LogP contribution in [0.3, 0.4) is 0 Å². The summed E-state index contributed by atoms with van der Waals surface area (Å²) in [4.78, 5) is 48.4. The standard InChI is InChI=1S/C17H30N4OSi.C14H20F3N5O2.C14H21N5O2.C11H16N4O2.C10H16N4O/c1-16(2,3)23(4,5)22-13-8-11-21(12-17(13)9-10-17)15-7-6-14(18)19-20-15;1-13(2,3)24-12(23)21-6-7-22(9(8-21)14(15,16)17)11-5-4-10(18)19-20-11;1-14(2,3)21-13(20)19-8-9-6-10(19)7-18(9)12-5-4-11(15)16-17-12;1-17-11(16)8-4-6-15(7-5-8)10-3-2-9(12)13-14-10;1-15-8-4-6-14(7-5-8)10-3-2-9(11)12-13-10/h6-7,13H,8-12H2,1-5H3,(H2,18,19);4-5,9H,6-8H2,1-3H3,(H2,18,19);4-5,9-10H,6-8H2,1-3H3,(H2,15,16);2-3,8H,4-7H2,1H3,(H2,12,13);2-3,8H,4-7H2,1H3,(H2,11,12)/t;;9-,10-;;/m..1../s1. The van der Waals surface area contributed by atoms with Crippen LogP contribution in [0.25, 0.3) is 0 Å². The molecule has 100 heavy (non-hydrogen) atoms. The zero-order chi connectivity index (χ0) is 73.1. The zero-order valence-corrected chi connectivity index (χ0v) is 61.1. The number of piperidine rings is 3. The van der Waals surface area contributed by atoms with Crippen LogP contribution in [-0.2, 0) is 28.2 Å². The molecule has 12 rings (SSSR count). The summed E-state index contributed by atoms with van der Waals surface area (Å²) in [5.74, 6) is 5.32. The number of hydrogen-bond acceptors (Lipinski definition) is 28. The van der Waals surface area contributed by atoms with Crippen LogP contribution in [0, 0.1) is 11.3 Å². The van der Waals surface area contributed by atoms with Gasteiger partial charge in [0.2, 0.25) is 0 Å². The van der Waals surface area contributed by atoms with E-state index < -0.39 is 44.4 Å². The quantitative estimate of drug-likeness (QED) is 0.0532. The summed E-state index contributed by atoms with van der Waals surface area (Å²) in [5, 5.41) is 39.6. The molecule has 2 unspecified atom stereocenters. The molecule has 7 fully saturated rings. The Labute approximate surface area is 585 Å². The Morgan fingerprint density at radius 1 is 0.510 bits per heavy atom. The average molecular weight is 1420 g/mol. The fraction of sp³-hybridized carbons (Fsp3) is 0.652. The van der Waals surface area contributed by atoms with Crippen molar-refractivity contribution in [1.29, 1.82) is 0 Å². The molecule has 1 spiro atoms. The van der Waals surface area contributed by atoms with E-state index in [2.05, 4.69) is 104 Å². The van der Waals surface area contributed by atoms with Crippen LogP contribution in [0.15, 0.2) is 60.7 Å². The van der Waals surface area contributed by atoms with E-state index >= 15 is 0 Å². The van der Waals surface area contributed by atoms with Gasteiger partial charge in [-0.15, -0.1) is 51.0 Å². The Hall–Kier alpha value is -8.66. The average Bonchev–Trinajstić information content (AvgIpc) is 1.60. The lowest BCUT2D eigenvalue weighted by Gasteiger charge is -2.46. The molecule has 550 valence electrons. The number of halogens is 3. The van der Waals surface area contributed by atoms with Crippen LogP contribution >= 0.6 is 0 Å². The summed E-state index contributed by atoms with van der Waals surface area (Å²) in [6.45, 7) is 28.8. The third-order valence-corrected chi connectivity index (χ3v) is 23.5. The van der Waals surface area contributed by atoms with Gasteiger partial charge in [-0.1, -0.05) is 20.8 Å². The van der Waals surface area contributed by atoms with E-state index in [0.29, 0.717) is 47.4 Å². The highest BCUT2D eigenvalue weighted by Gasteiger charge is 2.56. The largest absolute Gasteiger partial charge is 0.469 e. The second kappa shape index (κ2) is 32.3. The topological polar surface area (TPSA) is 379 Å². The van der Waals surface area contributed by atoms with Crippen LogP contribution in [0.2, 0.25) is 18.1 Å². The molecular weight excluding hydrogens is 1310 g/mol. The second-order valence-electron chi connectivity index (χ2n) is 29.7. The van der Waals surface area contributed by atoms with Crippen molar-refractivity contribution in [3.05, 3.63) is 60.7 Å². The molecule has 11 heterocycles. The first-order valence-corrected chi connectivity index (χ1v) is 36.9. The Balaban J connectivity index is 0.000000160. The number of rotatable bonds is 9. The van der Waals surface area contributed by atoms with E-state index in [0.717, 1.165) is 117 Å². The molecule has 30 nitrogen and oxygen atoms in total. The number of alkyl halides is 3. The number of nitrogens with two attached hydrogens (primary N) is 5. The summed E-state index contributed by atoms with van der Waals surface area (Å²) in [7, 11) is 1.49. The second-order valence-corrected chi connectivity index (χ2v) is 34.5. The number of likely N-dealkylation sites (tertiary alicyclic amines) is 1. The van der Waals surface area contributed by atoms with Crippen molar-refractivity contribution < 1.29 is 50.9 Å². The van der Waals surface area contributed by atoms with E-state index in [-0.39, 0.29) is 59.8 Å². The minimum atomic E-state index is -4.54. The zero-order valence-electron chi connectivity index (χ0n) is 60.1. The first kappa shape index (κ1) is 77.1. The number of carbonyl (C=O) groups is 3. The van der Waals surface area contributed by atoms with Crippen molar-refractivity contribution in [2.45, 2.75) is 180 Å². The number of fused-ring (bicyclic) bond motifs is 2. The fourth-order valence-electron chi connectivity index (χ4n) is 12.3. The predicted molar refractivity (Wildman–Crippen MR) is 379 cm³/mol. The number of methoxy groups -OCH3 is 2. The molecular formula is C66H103F3N22O8Si. The number of carbonyl (C=O) groups excluding carboxylic acids is 3. The fourth-order valence-corrected chi connectivity index (χ4v) is 13.8. The summed E-state index contributed by atoms with van der Waals surface area (Å²) >= 11 is 0. The number of nitrogens with zero attached hydrogens (tertiary/aromatic N) is 17. The summed E-state index contributed by atoms with van der Waals surface area (Å²) in [6.07, 6.45) is 3.51. The van der Waals surface area contributed by atoms with Gasteiger partial charge in [0.1, 0.15) is 46.3 Å². The maximum atomic E-state index is 13.4. The van der Waals surface area contributed by atoms with Gasteiger partial charge < -0.3 is 86.3 Å². The molecule has 5 aromatic heterocycles. The highest BCUT2D eigenvalue weighted by Crippen LogP contribution is 2.55. The van der Waals surface area contributed by atoms with Crippen LogP contribution in [0.1, 0.15) is 114 Å². The van der Waals surface area contributed by atoms with E-state index in [1.165, 1.54) is 32.1 Å². The van der Waals surface area contributed by atoms with Crippen molar-refractivity contribution in [2.24, 2.45) is 11.3 Å². The van der Waals surface area contributed by atoms with Crippen LogP contribution in [-0.4, -0.2) is 221 Å². The molecule has 5 aromatic rings. The normalized spacial score (nSPS) is 20.9. The predicted octanol–water partition coefficient (Wildman–Crippen LogP) is 7.87.